The highest BCUT2D eigenvalue weighted by atomic mass is 19.1. The second-order valence-electron chi connectivity index (χ2n) is 4.87. The van der Waals surface area contributed by atoms with E-state index in [1.165, 1.54) is 12.1 Å². The Hall–Kier alpha value is -2.47. The Morgan fingerprint density at radius 1 is 1.43 bits per heavy atom. The molecular formula is C15H15FN4O. The van der Waals surface area contributed by atoms with Gasteiger partial charge in [0, 0.05) is 18.8 Å². The third-order valence-corrected chi connectivity index (χ3v) is 3.51. The summed E-state index contributed by atoms with van der Waals surface area (Å²) in [6.07, 6.45) is 4.35. The fourth-order valence-corrected chi connectivity index (χ4v) is 2.49. The van der Waals surface area contributed by atoms with E-state index in [1.54, 1.807) is 30.1 Å². The van der Waals surface area contributed by atoms with E-state index in [2.05, 4.69) is 10.4 Å². The smallest absolute Gasteiger partial charge is 0.255 e. The normalized spacial score (nSPS) is 16.6. The van der Waals surface area contributed by atoms with Crippen molar-refractivity contribution in [2.45, 2.75) is 12.5 Å². The van der Waals surface area contributed by atoms with Crippen molar-refractivity contribution in [1.82, 2.24) is 15.1 Å². The van der Waals surface area contributed by atoms with Gasteiger partial charge in [0.25, 0.3) is 5.91 Å². The molecule has 0 saturated carbocycles. The van der Waals surface area contributed by atoms with Gasteiger partial charge in [-0.25, -0.2) is 9.07 Å². The molecule has 1 atom stereocenters. The van der Waals surface area contributed by atoms with Gasteiger partial charge in [0.2, 0.25) is 0 Å². The molecule has 0 radical (unpaired) electrons. The molecular weight excluding hydrogens is 271 g/mol. The number of amides is 1. The van der Waals surface area contributed by atoms with Crippen LogP contribution in [0.3, 0.4) is 0 Å². The average molecular weight is 286 g/mol. The van der Waals surface area contributed by atoms with Crippen LogP contribution in [0, 0.1) is 5.82 Å². The molecule has 3 rings (SSSR count). The first-order valence-electron chi connectivity index (χ1n) is 6.64. The predicted molar refractivity (Wildman–Crippen MR) is 77.9 cm³/mol. The Balaban J connectivity index is 2.23. The van der Waals surface area contributed by atoms with Gasteiger partial charge in [-0.15, -0.1) is 0 Å². The highest BCUT2D eigenvalue weighted by Gasteiger charge is 2.28. The molecule has 3 N–H and O–H groups in total. The topological polar surface area (TPSA) is 72.9 Å². The predicted octanol–water partition coefficient (Wildman–Crippen LogP) is 1.92. The number of nitrogens with zero attached hydrogens (tertiary/aromatic N) is 2. The summed E-state index contributed by atoms with van der Waals surface area (Å²) in [6, 6.07) is 5.61. The number of carbonyl (C=O) groups excluding carboxylic acids is 1. The molecule has 1 aliphatic heterocycles. The van der Waals surface area contributed by atoms with Crippen LogP contribution in [0.2, 0.25) is 0 Å². The summed E-state index contributed by atoms with van der Waals surface area (Å²) in [5.74, 6) is -0.581. The van der Waals surface area contributed by atoms with Crippen LogP contribution in [0.1, 0.15) is 28.5 Å². The fraction of sp³-hybridized carbons (Fsp3) is 0.200. The number of nitrogens with two attached hydrogens (primary N) is 1. The molecule has 6 heteroatoms. The average Bonchev–Trinajstić information content (AvgIpc) is 2.88. The Morgan fingerprint density at radius 3 is 2.81 bits per heavy atom. The van der Waals surface area contributed by atoms with Crippen molar-refractivity contribution >= 4 is 12.1 Å². The van der Waals surface area contributed by atoms with E-state index in [4.69, 9.17) is 5.73 Å². The number of carbonyl (C=O) groups is 1. The molecule has 0 spiro atoms. The van der Waals surface area contributed by atoms with E-state index < -0.39 is 0 Å². The van der Waals surface area contributed by atoms with Crippen molar-refractivity contribution in [1.29, 1.82) is 0 Å². The molecule has 0 aliphatic carbocycles. The zero-order valence-electron chi connectivity index (χ0n) is 11.5. The SMILES string of the molecule is CNC(=O)c1c(-c2ccc(F)cc2)nn2c1C(N)CC=C2. The molecule has 5 nitrogen and oxygen atoms in total. The second kappa shape index (κ2) is 5.14. The number of aromatic nitrogens is 2. The van der Waals surface area contributed by atoms with Crippen LogP contribution in [-0.2, 0) is 0 Å². The molecule has 1 aromatic heterocycles. The highest BCUT2D eigenvalue weighted by Crippen LogP contribution is 2.32. The van der Waals surface area contributed by atoms with Crippen LogP contribution < -0.4 is 11.1 Å². The summed E-state index contributed by atoms with van der Waals surface area (Å²) < 4.78 is 14.7. The summed E-state index contributed by atoms with van der Waals surface area (Å²) in [7, 11) is 1.56. The number of halogens is 1. The molecule has 2 aromatic rings. The van der Waals surface area contributed by atoms with Crippen LogP contribution in [-0.4, -0.2) is 22.7 Å². The van der Waals surface area contributed by atoms with Gasteiger partial charge < -0.3 is 11.1 Å². The summed E-state index contributed by atoms with van der Waals surface area (Å²) in [5, 5.41) is 7.05. The quantitative estimate of drug-likeness (QED) is 0.886. The molecule has 1 unspecified atom stereocenters. The minimum Gasteiger partial charge on any atom is -0.355 e. The summed E-state index contributed by atoms with van der Waals surface area (Å²) in [4.78, 5) is 12.2. The molecule has 0 saturated heterocycles. The molecule has 1 aromatic carbocycles. The van der Waals surface area contributed by atoms with E-state index in [1.807, 2.05) is 6.08 Å². The van der Waals surface area contributed by atoms with E-state index in [0.29, 0.717) is 28.9 Å². The first-order chi connectivity index (χ1) is 10.1. The van der Waals surface area contributed by atoms with Crippen molar-refractivity contribution in [3.05, 3.63) is 47.4 Å². The lowest BCUT2D eigenvalue weighted by molar-refractivity contribution is 0.0962. The van der Waals surface area contributed by atoms with Gasteiger partial charge in [-0.2, -0.15) is 5.10 Å². The highest BCUT2D eigenvalue weighted by molar-refractivity contribution is 6.01. The minimum absolute atomic E-state index is 0.249. The molecule has 1 aliphatic rings. The van der Waals surface area contributed by atoms with Gasteiger partial charge in [0.1, 0.15) is 11.5 Å². The second-order valence-corrected chi connectivity index (χ2v) is 4.87. The summed E-state index contributed by atoms with van der Waals surface area (Å²) in [5.41, 5.74) is 8.41. The van der Waals surface area contributed by atoms with Crippen LogP contribution in [0.25, 0.3) is 17.5 Å². The number of hydrogen-bond donors (Lipinski definition) is 2. The first-order valence-corrected chi connectivity index (χ1v) is 6.64. The van der Waals surface area contributed by atoms with Gasteiger partial charge in [-0.05, 0) is 30.7 Å². The van der Waals surface area contributed by atoms with Gasteiger partial charge in [-0.1, -0.05) is 6.08 Å². The van der Waals surface area contributed by atoms with Crippen molar-refractivity contribution < 1.29 is 9.18 Å². The van der Waals surface area contributed by atoms with Crippen molar-refractivity contribution in [2.75, 3.05) is 7.05 Å². The van der Waals surface area contributed by atoms with Crippen LogP contribution in [0.5, 0.6) is 0 Å². The number of benzene rings is 1. The third kappa shape index (κ3) is 2.23. The van der Waals surface area contributed by atoms with Gasteiger partial charge in [0.05, 0.1) is 17.3 Å². The molecule has 2 heterocycles. The van der Waals surface area contributed by atoms with Crippen LogP contribution in [0.4, 0.5) is 4.39 Å². The minimum atomic E-state index is -0.333. The maximum atomic E-state index is 13.1. The van der Waals surface area contributed by atoms with E-state index in [9.17, 15) is 9.18 Å². The lowest BCUT2D eigenvalue weighted by Gasteiger charge is -2.16. The largest absolute Gasteiger partial charge is 0.355 e. The Kier molecular flexibility index (Phi) is 3.31. The molecule has 0 bridgehead atoms. The number of hydrogen-bond acceptors (Lipinski definition) is 3. The Bertz CT molecular complexity index is 718. The molecule has 1 amide bonds. The third-order valence-electron chi connectivity index (χ3n) is 3.51. The van der Waals surface area contributed by atoms with Crippen molar-refractivity contribution in [3.8, 4) is 11.3 Å². The Labute approximate surface area is 121 Å². The summed E-state index contributed by atoms with van der Waals surface area (Å²) >= 11 is 0. The maximum absolute atomic E-state index is 13.1. The monoisotopic (exact) mass is 286 g/mol. The summed E-state index contributed by atoms with van der Waals surface area (Å²) in [6.45, 7) is 0. The number of rotatable bonds is 2. The maximum Gasteiger partial charge on any atom is 0.255 e. The standard InChI is InChI=1S/C15H15FN4O/c1-18-15(21)12-13(9-4-6-10(16)7-5-9)19-20-8-2-3-11(17)14(12)20/h2,4-8,11H,3,17H2,1H3,(H,18,21). The van der Waals surface area contributed by atoms with Gasteiger partial charge in [0.15, 0.2) is 0 Å². The van der Waals surface area contributed by atoms with Crippen molar-refractivity contribution in [3.63, 3.8) is 0 Å². The van der Waals surface area contributed by atoms with Gasteiger partial charge >= 0.3 is 0 Å². The zero-order chi connectivity index (χ0) is 15.0. The van der Waals surface area contributed by atoms with Crippen LogP contribution in [0.15, 0.2) is 30.3 Å². The van der Waals surface area contributed by atoms with Crippen LogP contribution >= 0.6 is 0 Å². The molecule has 21 heavy (non-hydrogen) atoms. The van der Waals surface area contributed by atoms with E-state index in [-0.39, 0.29) is 17.8 Å². The molecule has 0 fully saturated rings. The number of fused-ring (bicyclic) bond motifs is 1. The van der Waals surface area contributed by atoms with E-state index >= 15 is 0 Å². The zero-order valence-corrected chi connectivity index (χ0v) is 11.5. The van der Waals surface area contributed by atoms with Crippen molar-refractivity contribution in [2.24, 2.45) is 5.73 Å². The Morgan fingerprint density at radius 2 is 2.14 bits per heavy atom. The fourth-order valence-electron chi connectivity index (χ4n) is 2.49. The van der Waals surface area contributed by atoms with E-state index in [0.717, 1.165) is 0 Å². The molecule has 108 valence electrons. The lowest BCUT2D eigenvalue weighted by atomic mass is 9.99. The van der Waals surface area contributed by atoms with Gasteiger partial charge in [-0.3, -0.25) is 4.79 Å². The lowest BCUT2D eigenvalue weighted by Crippen LogP contribution is -2.24. The number of nitrogens with one attached hydrogen (secondary N) is 1. The first kappa shape index (κ1) is 13.5.